The molecule has 0 radical (unpaired) electrons. The molecule has 0 aliphatic rings. The number of ether oxygens (including phenoxy) is 1. The Morgan fingerprint density at radius 2 is 1.85 bits per heavy atom. The number of methoxy groups -OCH3 is 1. The number of nitrogens with zero attached hydrogens (tertiary/aromatic N) is 1. The van der Waals surface area contributed by atoms with Crippen molar-refractivity contribution in [3.05, 3.63) is 64.7 Å². The Labute approximate surface area is 122 Å². The van der Waals surface area contributed by atoms with Crippen LogP contribution in [0.5, 0.6) is 5.75 Å². The van der Waals surface area contributed by atoms with Gasteiger partial charge < -0.3 is 4.74 Å². The SMILES string of the molecule is COc1ccc(C(=O)C(C#N)c2ccccc2Cl)cc1. The summed E-state index contributed by atoms with van der Waals surface area (Å²) >= 11 is 6.05. The van der Waals surface area contributed by atoms with Crippen LogP contribution in [0.3, 0.4) is 0 Å². The first kappa shape index (κ1) is 14.1. The van der Waals surface area contributed by atoms with Crippen molar-refractivity contribution < 1.29 is 9.53 Å². The van der Waals surface area contributed by atoms with Gasteiger partial charge >= 0.3 is 0 Å². The van der Waals surface area contributed by atoms with E-state index < -0.39 is 5.92 Å². The van der Waals surface area contributed by atoms with Crippen LogP contribution >= 0.6 is 11.6 Å². The standard InChI is InChI=1S/C16H12ClNO2/c1-20-12-8-6-11(7-9-12)16(19)14(10-18)13-4-2-3-5-15(13)17/h2-9,14H,1H3. The Morgan fingerprint density at radius 1 is 1.20 bits per heavy atom. The zero-order valence-electron chi connectivity index (χ0n) is 10.8. The first-order valence-electron chi connectivity index (χ1n) is 5.99. The highest BCUT2D eigenvalue weighted by atomic mass is 35.5. The molecule has 20 heavy (non-hydrogen) atoms. The molecular formula is C16H12ClNO2. The Balaban J connectivity index is 2.35. The van der Waals surface area contributed by atoms with Crippen molar-refractivity contribution in [3.63, 3.8) is 0 Å². The van der Waals surface area contributed by atoms with Gasteiger partial charge in [-0.05, 0) is 35.9 Å². The molecular weight excluding hydrogens is 274 g/mol. The molecule has 1 unspecified atom stereocenters. The van der Waals surface area contributed by atoms with Gasteiger partial charge in [-0.3, -0.25) is 4.79 Å². The second-order valence-electron chi connectivity index (χ2n) is 4.18. The van der Waals surface area contributed by atoms with E-state index in [1.165, 1.54) is 0 Å². The summed E-state index contributed by atoms with van der Waals surface area (Å²) in [6.07, 6.45) is 0. The smallest absolute Gasteiger partial charge is 0.184 e. The quantitative estimate of drug-likeness (QED) is 0.802. The number of nitriles is 1. The maximum Gasteiger partial charge on any atom is 0.184 e. The Morgan fingerprint density at radius 3 is 2.40 bits per heavy atom. The molecule has 2 aromatic rings. The van der Waals surface area contributed by atoms with E-state index in [0.29, 0.717) is 21.9 Å². The molecule has 0 saturated heterocycles. The minimum atomic E-state index is -0.905. The summed E-state index contributed by atoms with van der Waals surface area (Å²) in [7, 11) is 1.55. The summed E-state index contributed by atoms with van der Waals surface area (Å²) < 4.78 is 5.04. The molecule has 0 amide bonds. The van der Waals surface area contributed by atoms with Gasteiger partial charge in [-0.25, -0.2) is 0 Å². The fourth-order valence-corrected chi connectivity index (χ4v) is 2.15. The van der Waals surface area contributed by atoms with E-state index in [9.17, 15) is 10.1 Å². The van der Waals surface area contributed by atoms with Crippen molar-refractivity contribution in [1.82, 2.24) is 0 Å². The van der Waals surface area contributed by atoms with Gasteiger partial charge in [-0.2, -0.15) is 5.26 Å². The fourth-order valence-electron chi connectivity index (χ4n) is 1.90. The predicted molar refractivity (Wildman–Crippen MR) is 77.1 cm³/mol. The first-order chi connectivity index (χ1) is 9.67. The maximum absolute atomic E-state index is 12.4. The summed E-state index contributed by atoms with van der Waals surface area (Å²) in [5.41, 5.74) is 0.981. The molecule has 0 bridgehead atoms. The number of halogens is 1. The summed E-state index contributed by atoms with van der Waals surface area (Å²) in [6, 6.07) is 15.6. The average Bonchev–Trinajstić information content (AvgIpc) is 2.50. The van der Waals surface area contributed by atoms with E-state index in [0.717, 1.165) is 0 Å². The number of rotatable bonds is 4. The average molecular weight is 286 g/mol. The molecule has 0 spiro atoms. The van der Waals surface area contributed by atoms with Crippen LogP contribution in [0.1, 0.15) is 21.8 Å². The van der Waals surface area contributed by atoms with E-state index in [2.05, 4.69) is 0 Å². The lowest BCUT2D eigenvalue weighted by Crippen LogP contribution is -2.11. The maximum atomic E-state index is 12.4. The highest BCUT2D eigenvalue weighted by Gasteiger charge is 2.23. The van der Waals surface area contributed by atoms with Crippen molar-refractivity contribution in [1.29, 1.82) is 5.26 Å². The van der Waals surface area contributed by atoms with Crippen LogP contribution in [-0.2, 0) is 0 Å². The molecule has 2 rings (SSSR count). The lowest BCUT2D eigenvalue weighted by atomic mass is 9.92. The van der Waals surface area contributed by atoms with E-state index in [1.54, 1.807) is 55.6 Å². The van der Waals surface area contributed by atoms with E-state index in [1.807, 2.05) is 6.07 Å². The Kier molecular flexibility index (Phi) is 4.39. The largest absolute Gasteiger partial charge is 0.497 e. The van der Waals surface area contributed by atoms with E-state index in [-0.39, 0.29) is 5.78 Å². The highest BCUT2D eigenvalue weighted by Crippen LogP contribution is 2.27. The van der Waals surface area contributed by atoms with Crippen molar-refractivity contribution in [2.75, 3.05) is 7.11 Å². The summed E-state index contributed by atoms with van der Waals surface area (Å²) in [5.74, 6) is -0.520. The molecule has 100 valence electrons. The Bertz CT molecular complexity index is 659. The second kappa shape index (κ2) is 6.23. The number of Topliss-reactive ketones (excluding diaryl/α,β-unsaturated/α-hetero) is 1. The molecule has 0 aliphatic heterocycles. The first-order valence-corrected chi connectivity index (χ1v) is 6.37. The van der Waals surface area contributed by atoms with Gasteiger partial charge in [-0.15, -0.1) is 0 Å². The van der Waals surface area contributed by atoms with Crippen LogP contribution < -0.4 is 4.74 Å². The van der Waals surface area contributed by atoms with Gasteiger partial charge in [0.1, 0.15) is 11.7 Å². The zero-order chi connectivity index (χ0) is 14.5. The molecule has 0 saturated carbocycles. The second-order valence-corrected chi connectivity index (χ2v) is 4.58. The van der Waals surface area contributed by atoms with Gasteiger partial charge in [0.05, 0.1) is 13.2 Å². The minimum Gasteiger partial charge on any atom is -0.497 e. The number of hydrogen-bond donors (Lipinski definition) is 0. The minimum absolute atomic E-state index is 0.275. The summed E-state index contributed by atoms with van der Waals surface area (Å²) in [6.45, 7) is 0. The third-order valence-corrected chi connectivity index (χ3v) is 3.33. The molecule has 2 aromatic carbocycles. The number of carbonyl (C=O) groups is 1. The topological polar surface area (TPSA) is 50.1 Å². The lowest BCUT2D eigenvalue weighted by Gasteiger charge is -2.10. The van der Waals surface area contributed by atoms with Crippen LogP contribution in [-0.4, -0.2) is 12.9 Å². The monoisotopic (exact) mass is 285 g/mol. The van der Waals surface area contributed by atoms with Crippen LogP contribution in [0.15, 0.2) is 48.5 Å². The van der Waals surface area contributed by atoms with Crippen LogP contribution in [0.2, 0.25) is 5.02 Å². The molecule has 0 aliphatic carbocycles. The number of hydrogen-bond acceptors (Lipinski definition) is 3. The van der Waals surface area contributed by atoms with Gasteiger partial charge in [0.25, 0.3) is 0 Å². The van der Waals surface area contributed by atoms with Crippen LogP contribution in [0.25, 0.3) is 0 Å². The predicted octanol–water partition coefficient (Wildman–Crippen LogP) is 3.84. The van der Waals surface area contributed by atoms with Crippen molar-refractivity contribution in [2.45, 2.75) is 5.92 Å². The molecule has 0 fully saturated rings. The number of ketones is 1. The number of benzene rings is 2. The summed E-state index contributed by atoms with van der Waals surface area (Å²) in [4.78, 5) is 12.4. The third-order valence-electron chi connectivity index (χ3n) is 2.98. The zero-order valence-corrected chi connectivity index (χ0v) is 11.6. The van der Waals surface area contributed by atoms with E-state index in [4.69, 9.17) is 16.3 Å². The van der Waals surface area contributed by atoms with Crippen molar-refractivity contribution in [2.24, 2.45) is 0 Å². The lowest BCUT2D eigenvalue weighted by molar-refractivity contribution is 0.0979. The normalized spacial score (nSPS) is 11.4. The van der Waals surface area contributed by atoms with Gasteiger partial charge in [0.2, 0.25) is 0 Å². The number of carbonyl (C=O) groups excluding carboxylic acids is 1. The van der Waals surface area contributed by atoms with Crippen molar-refractivity contribution >= 4 is 17.4 Å². The van der Waals surface area contributed by atoms with Gasteiger partial charge in [0, 0.05) is 10.6 Å². The fraction of sp³-hybridized carbons (Fsp3) is 0.125. The molecule has 3 nitrogen and oxygen atoms in total. The van der Waals surface area contributed by atoms with Crippen LogP contribution in [0, 0.1) is 11.3 Å². The molecule has 1 atom stereocenters. The van der Waals surface area contributed by atoms with Gasteiger partial charge in [-0.1, -0.05) is 29.8 Å². The highest BCUT2D eigenvalue weighted by molar-refractivity contribution is 6.31. The molecule has 0 N–H and O–H groups in total. The van der Waals surface area contributed by atoms with Gasteiger partial charge in [0.15, 0.2) is 5.78 Å². The third kappa shape index (κ3) is 2.81. The summed E-state index contributed by atoms with van der Waals surface area (Å²) in [5, 5.41) is 9.70. The molecule has 0 heterocycles. The molecule has 4 heteroatoms. The molecule has 0 aromatic heterocycles. The Hall–Kier alpha value is -2.31. The van der Waals surface area contributed by atoms with Crippen LogP contribution in [0.4, 0.5) is 0 Å². The van der Waals surface area contributed by atoms with Crippen molar-refractivity contribution in [3.8, 4) is 11.8 Å². The van der Waals surface area contributed by atoms with E-state index >= 15 is 0 Å².